The number of nitrogens with two attached hydrogens (primary N) is 1. The lowest BCUT2D eigenvalue weighted by Crippen LogP contribution is -2.55. The summed E-state index contributed by atoms with van der Waals surface area (Å²) in [7, 11) is 0. The Bertz CT molecular complexity index is 488. The van der Waals surface area contributed by atoms with Crippen molar-refractivity contribution in [2.45, 2.75) is 24.1 Å². The third-order valence-electron chi connectivity index (χ3n) is 3.93. The average Bonchev–Trinajstić information content (AvgIpc) is 2.88. The lowest BCUT2D eigenvalue weighted by Gasteiger charge is -2.38. The third kappa shape index (κ3) is 1.61. The predicted octanol–water partition coefficient (Wildman–Crippen LogP) is 2.22. The van der Waals surface area contributed by atoms with Gasteiger partial charge in [0.2, 0.25) is 0 Å². The second-order valence-electron chi connectivity index (χ2n) is 4.85. The van der Waals surface area contributed by atoms with Crippen molar-refractivity contribution in [2.24, 2.45) is 10.7 Å². The Morgan fingerprint density at radius 3 is 2.78 bits per heavy atom. The molecule has 2 N–H and O–H groups in total. The van der Waals surface area contributed by atoms with Gasteiger partial charge in [-0.05, 0) is 36.4 Å². The highest BCUT2D eigenvalue weighted by atomic mass is 32.2. The minimum atomic E-state index is -0.226. The number of thioether (sulfide) groups is 1. The first-order valence-corrected chi connectivity index (χ1v) is 7.16. The molecule has 1 aromatic rings. The quantitative estimate of drug-likeness (QED) is 0.846. The van der Waals surface area contributed by atoms with Crippen molar-refractivity contribution < 1.29 is 4.39 Å². The fourth-order valence-corrected chi connectivity index (χ4v) is 4.27. The van der Waals surface area contributed by atoms with Crippen LogP contribution in [-0.2, 0) is 0 Å². The fourth-order valence-electron chi connectivity index (χ4n) is 2.84. The van der Waals surface area contributed by atoms with Crippen LogP contribution in [0.3, 0.4) is 0 Å². The van der Waals surface area contributed by atoms with Crippen molar-refractivity contribution in [3.63, 3.8) is 0 Å². The molecule has 18 heavy (non-hydrogen) atoms. The van der Waals surface area contributed by atoms with Crippen LogP contribution in [0.15, 0.2) is 29.3 Å². The van der Waals surface area contributed by atoms with Gasteiger partial charge in [0.25, 0.3) is 0 Å². The number of hydrogen-bond acceptors (Lipinski definition) is 4. The highest BCUT2D eigenvalue weighted by Gasteiger charge is 2.50. The van der Waals surface area contributed by atoms with E-state index >= 15 is 0 Å². The zero-order valence-electron chi connectivity index (χ0n) is 10.3. The lowest BCUT2D eigenvalue weighted by molar-refractivity contribution is 0.459. The largest absolute Gasteiger partial charge is 0.369 e. The van der Waals surface area contributed by atoms with Gasteiger partial charge in [0.05, 0.1) is 12.1 Å². The Kier molecular flexibility index (Phi) is 2.73. The molecule has 0 aliphatic carbocycles. The number of hydrogen-bond donors (Lipinski definition) is 1. The van der Waals surface area contributed by atoms with Gasteiger partial charge in [-0.3, -0.25) is 4.99 Å². The first-order valence-electron chi connectivity index (χ1n) is 6.11. The SMILES string of the molecule is CC1SCCC12CN=C(N)N2c1ccc(F)cc1. The molecule has 96 valence electrons. The number of nitrogens with zero attached hydrogens (tertiary/aromatic N) is 2. The highest BCUT2D eigenvalue weighted by molar-refractivity contribution is 8.00. The number of anilines is 1. The van der Waals surface area contributed by atoms with E-state index in [0.717, 1.165) is 24.4 Å². The first kappa shape index (κ1) is 11.8. The summed E-state index contributed by atoms with van der Waals surface area (Å²) in [6, 6.07) is 6.50. The zero-order chi connectivity index (χ0) is 12.8. The van der Waals surface area contributed by atoms with Gasteiger partial charge >= 0.3 is 0 Å². The van der Waals surface area contributed by atoms with Gasteiger partial charge in [-0.2, -0.15) is 11.8 Å². The first-order chi connectivity index (χ1) is 8.63. The Morgan fingerprint density at radius 2 is 2.17 bits per heavy atom. The molecule has 1 spiro atoms. The molecule has 2 heterocycles. The van der Waals surface area contributed by atoms with E-state index in [1.165, 1.54) is 12.1 Å². The topological polar surface area (TPSA) is 41.6 Å². The minimum absolute atomic E-state index is 0.0213. The van der Waals surface area contributed by atoms with Crippen LogP contribution >= 0.6 is 11.8 Å². The van der Waals surface area contributed by atoms with Crippen molar-refractivity contribution in [3.05, 3.63) is 30.1 Å². The molecule has 2 aliphatic rings. The van der Waals surface area contributed by atoms with Gasteiger partial charge in [0.15, 0.2) is 5.96 Å². The van der Waals surface area contributed by atoms with Gasteiger partial charge in [-0.15, -0.1) is 0 Å². The molecule has 2 aliphatic heterocycles. The third-order valence-corrected chi connectivity index (χ3v) is 5.31. The van der Waals surface area contributed by atoms with Crippen molar-refractivity contribution in [1.29, 1.82) is 0 Å². The van der Waals surface area contributed by atoms with E-state index in [2.05, 4.69) is 16.8 Å². The van der Waals surface area contributed by atoms with E-state index in [1.807, 2.05) is 11.8 Å². The minimum Gasteiger partial charge on any atom is -0.369 e. The van der Waals surface area contributed by atoms with Crippen LogP contribution in [0.5, 0.6) is 0 Å². The molecule has 0 bridgehead atoms. The summed E-state index contributed by atoms with van der Waals surface area (Å²) in [5, 5.41) is 0.479. The second-order valence-corrected chi connectivity index (χ2v) is 6.30. The van der Waals surface area contributed by atoms with E-state index in [0.29, 0.717) is 11.2 Å². The van der Waals surface area contributed by atoms with E-state index in [-0.39, 0.29) is 11.4 Å². The highest BCUT2D eigenvalue weighted by Crippen LogP contribution is 2.44. The summed E-state index contributed by atoms with van der Waals surface area (Å²) in [6.07, 6.45) is 1.07. The second kappa shape index (κ2) is 4.16. The van der Waals surface area contributed by atoms with Crippen LogP contribution in [0.25, 0.3) is 0 Å². The summed E-state index contributed by atoms with van der Waals surface area (Å²) < 4.78 is 13.0. The summed E-state index contributed by atoms with van der Waals surface area (Å²) in [6.45, 7) is 2.96. The summed E-state index contributed by atoms with van der Waals surface area (Å²) in [4.78, 5) is 6.51. The van der Waals surface area contributed by atoms with E-state index in [1.54, 1.807) is 12.1 Å². The molecule has 0 saturated carbocycles. The number of guanidine groups is 1. The molecule has 0 aromatic heterocycles. The average molecular weight is 265 g/mol. The Balaban J connectivity index is 2.02. The molecule has 5 heteroatoms. The molecule has 3 nitrogen and oxygen atoms in total. The van der Waals surface area contributed by atoms with Gasteiger partial charge in [0.1, 0.15) is 5.82 Å². The Hall–Kier alpha value is -1.23. The summed E-state index contributed by atoms with van der Waals surface area (Å²) in [5.74, 6) is 1.45. The molecular weight excluding hydrogens is 249 g/mol. The van der Waals surface area contributed by atoms with Crippen LogP contribution in [-0.4, -0.2) is 29.0 Å². The molecule has 3 rings (SSSR count). The molecule has 1 aromatic carbocycles. The maximum Gasteiger partial charge on any atom is 0.196 e. The molecule has 2 atom stereocenters. The van der Waals surface area contributed by atoms with Gasteiger partial charge in [-0.1, -0.05) is 6.92 Å². The zero-order valence-corrected chi connectivity index (χ0v) is 11.1. The van der Waals surface area contributed by atoms with Gasteiger partial charge in [0, 0.05) is 10.9 Å². The number of aliphatic imine (C=N–C) groups is 1. The molecule has 1 saturated heterocycles. The van der Waals surface area contributed by atoms with Crippen molar-refractivity contribution in [1.82, 2.24) is 0 Å². The van der Waals surface area contributed by atoms with E-state index in [9.17, 15) is 4.39 Å². The van der Waals surface area contributed by atoms with Gasteiger partial charge < -0.3 is 10.6 Å². The molecule has 1 fully saturated rings. The summed E-state index contributed by atoms with van der Waals surface area (Å²) >= 11 is 1.95. The lowest BCUT2D eigenvalue weighted by atomic mass is 9.91. The van der Waals surface area contributed by atoms with Crippen LogP contribution in [0.2, 0.25) is 0 Å². The van der Waals surface area contributed by atoms with Crippen LogP contribution in [0.1, 0.15) is 13.3 Å². The fraction of sp³-hybridized carbons (Fsp3) is 0.462. The number of rotatable bonds is 1. The maximum absolute atomic E-state index is 13.0. The van der Waals surface area contributed by atoms with Crippen LogP contribution < -0.4 is 10.6 Å². The maximum atomic E-state index is 13.0. The molecule has 0 radical (unpaired) electrons. The van der Waals surface area contributed by atoms with Crippen LogP contribution in [0.4, 0.5) is 10.1 Å². The molecular formula is C13H16FN3S. The van der Waals surface area contributed by atoms with E-state index in [4.69, 9.17) is 5.73 Å². The normalized spacial score (nSPS) is 31.1. The smallest absolute Gasteiger partial charge is 0.196 e. The Labute approximate surface area is 110 Å². The summed E-state index contributed by atoms with van der Waals surface area (Å²) in [5.41, 5.74) is 6.95. The molecule has 2 unspecified atom stereocenters. The van der Waals surface area contributed by atoms with Crippen LogP contribution in [0, 0.1) is 5.82 Å². The standard InChI is InChI=1S/C13H16FN3S/c1-9-13(6-7-18-9)8-16-12(15)17(13)11-4-2-10(14)3-5-11/h2-5,9H,6-8H2,1H3,(H2,15,16). The van der Waals surface area contributed by atoms with E-state index < -0.39 is 0 Å². The van der Waals surface area contributed by atoms with Gasteiger partial charge in [-0.25, -0.2) is 4.39 Å². The Morgan fingerprint density at radius 1 is 1.44 bits per heavy atom. The predicted molar refractivity (Wildman–Crippen MR) is 74.6 cm³/mol. The number of halogens is 1. The van der Waals surface area contributed by atoms with Crippen molar-refractivity contribution in [3.8, 4) is 0 Å². The van der Waals surface area contributed by atoms with Crippen molar-refractivity contribution >= 4 is 23.4 Å². The number of benzene rings is 1. The monoisotopic (exact) mass is 265 g/mol. The molecule has 0 amide bonds. The van der Waals surface area contributed by atoms with Crippen molar-refractivity contribution in [2.75, 3.05) is 17.2 Å².